The number of unbranched alkanes of at least 4 members (excludes halogenated alkanes) is 3. The normalized spacial score (nSPS) is 27.4. The molecule has 3 saturated heterocycles. The third-order valence-electron chi connectivity index (χ3n) is 8.08. The minimum Gasteiger partial charge on any atom is -0.396 e. The van der Waals surface area contributed by atoms with Crippen LogP contribution in [-0.2, 0) is 25.7 Å². The molecule has 202 valence electrons. The lowest BCUT2D eigenvalue weighted by Crippen LogP contribution is -2.53. The molecular weight excluding hydrogens is 506 g/mol. The van der Waals surface area contributed by atoms with E-state index in [9.17, 15) is 14.4 Å². The van der Waals surface area contributed by atoms with Crippen molar-refractivity contribution < 1.29 is 24.2 Å². The molecule has 3 aliphatic heterocycles. The highest BCUT2D eigenvalue weighted by Crippen LogP contribution is 2.58. The molecule has 2 aromatic carbocycles. The van der Waals surface area contributed by atoms with E-state index in [0.717, 1.165) is 18.4 Å². The Morgan fingerprint density at radius 3 is 2.50 bits per heavy atom. The molecule has 0 radical (unpaired) electrons. The number of aliphatic hydroxyl groups is 1. The second kappa shape index (κ2) is 11.4. The molecule has 2 bridgehead atoms. The van der Waals surface area contributed by atoms with Crippen LogP contribution in [0.4, 0.5) is 5.69 Å². The maximum Gasteiger partial charge on any atom is 0.250 e. The van der Waals surface area contributed by atoms with Crippen LogP contribution in [0.25, 0.3) is 0 Å². The van der Waals surface area contributed by atoms with Crippen molar-refractivity contribution in [3.8, 4) is 0 Å². The standard InChI is InChI=1S/C29H34ClN3O5/c30-20-10-12-21(13-11-20)32-27(36)25-29-15-14-22(38-29)23(26(35)31-18-19-8-4-3-5-9-19)24(29)28(37)33(25)16-6-1-2-7-17-34/h3-5,8-13,22-25,34H,1-2,6-7,14-18H2,(H,31,35)(H,32,36)/t22-,23+,24+,25?,29?/m1/s1. The fraction of sp³-hybridized carbons (Fsp3) is 0.483. The van der Waals surface area contributed by atoms with Gasteiger partial charge in [0.15, 0.2) is 0 Å². The van der Waals surface area contributed by atoms with E-state index < -0.39 is 29.6 Å². The average Bonchev–Trinajstić information content (AvgIpc) is 3.56. The third-order valence-corrected chi connectivity index (χ3v) is 8.33. The van der Waals surface area contributed by atoms with E-state index >= 15 is 0 Å². The summed E-state index contributed by atoms with van der Waals surface area (Å²) in [6, 6.07) is 15.6. The number of nitrogens with zero attached hydrogens (tertiary/aromatic N) is 1. The van der Waals surface area contributed by atoms with E-state index in [1.165, 1.54) is 0 Å². The Balaban J connectivity index is 1.37. The predicted octanol–water partition coefficient (Wildman–Crippen LogP) is 3.52. The molecule has 2 unspecified atom stereocenters. The SMILES string of the molecule is O=C(Nc1ccc(Cl)cc1)C1N(CCCCCCO)C(=O)[C@@H]2[C@@H](C(=O)NCc3ccccc3)[C@H]3CCC12O3. The smallest absolute Gasteiger partial charge is 0.250 e. The molecule has 3 N–H and O–H groups in total. The number of carbonyl (C=O) groups excluding carboxylic acids is 3. The van der Waals surface area contributed by atoms with Gasteiger partial charge in [0, 0.05) is 30.4 Å². The maximum absolute atomic E-state index is 13.9. The highest BCUT2D eigenvalue weighted by Gasteiger charge is 2.74. The first-order valence-electron chi connectivity index (χ1n) is 13.4. The fourth-order valence-electron chi connectivity index (χ4n) is 6.39. The van der Waals surface area contributed by atoms with Gasteiger partial charge in [0.1, 0.15) is 11.6 Å². The van der Waals surface area contributed by atoms with Crippen LogP contribution in [0.15, 0.2) is 54.6 Å². The Morgan fingerprint density at radius 2 is 1.76 bits per heavy atom. The summed E-state index contributed by atoms with van der Waals surface area (Å²) in [7, 11) is 0. The van der Waals surface area contributed by atoms with E-state index in [0.29, 0.717) is 49.5 Å². The highest BCUT2D eigenvalue weighted by molar-refractivity contribution is 6.30. The van der Waals surface area contributed by atoms with Crippen molar-refractivity contribution >= 4 is 35.0 Å². The topological polar surface area (TPSA) is 108 Å². The number of nitrogens with one attached hydrogen (secondary N) is 2. The number of anilines is 1. The number of ether oxygens (including phenoxy) is 1. The van der Waals surface area contributed by atoms with Crippen LogP contribution in [0, 0.1) is 11.8 Å². The van der Waals surface area contributed by atoms with Crippen LogP contribution < -0.4 is 10.6 Å². The van der Waals surface area contributed by atoms with E-state index in [4.69, 9.17) is 21.4 Å². The first-order valence-corrected chi connectivity index (χ1v) is 13.8. The van der Waals surface area contributed by atoms with Gasteiger partial charge in [0.05, 0.1) is 17.9 Å². The van der Waals surface area contributed by atoms with E-state index in [1.54, 1.807) is 29.2 Å². The van der Waals surface area contributed by atoms with E-state index in [1.807, 2.05) is 30.3 Å². The van der Waals surface area contributed by atoms with Crippen molar-refractivity contribution in [3.05, 3.63) is 65.2 Å². The zero-order valence-electron chi connectivity index (χ0n) is 21.3. The molecule has 3 amide bonds. The van der Waals surface area contributed by atoms with Crippen molar-refractivity contribution in [2.45, 2.75) is 62.8 Å². The Kier molecular flexibility index (Phi) is 8.02. The summed E-state index contributed by atoms with van der Waals surface area (Å²) in [4.78, 5) is 42.7. The third kappa shape index (κ3) is 5.05. The number of hydrogen-bond acceptors (Lipinski definition) is 5. The maximum atomic E-state index is 13.9. The molecule has 2 aromatic rings. The lowest BCUT2D eigenvalue weighted by molar-refractivity contribution is -0.141. The zero-order chi connectivity index (χ0) is 26.7. The number of aliphatic hydroxyl groups excluding tert-OH is 1. The summed E-state index contributed by atoms with van der Waals surface area (Å²) in [5, 5.41) is 15.6. The van der Waals surface area contributed by atoms with Crippen molar-refractivity contribution in [2.75, 3.05) is 18.5 Å². The fourth-order valence-corrected chi connectivity index (χ4v) is 6.51. The van der Waals surface area contributed by atoms with Gasteiger partial charge in [-0.25, -0.2) is 0 Å². The summed E-state index contributed by atoms with van der Waals surface area (Å²) in [5.41, 5.74) is 0.527. The Labute approximate surface area is 227 Å². The van der Waals surface area contributed by atoms with Gasteiger partial charge < -0.3 is 25.4 Å². The molecule has 3 fully saturated rings. The van der Waals surface area contributed by atoms with Crippen LogP contribution in [0.1, 0.15) is 44.1 Å². The first-order chi connectivity index (χ1) is 18.4. The number of hydrogen-bond donors (Lipinski definition) is 3. The van der Waals surface area contributed by atoms with E-state index in [2.05, 4.69) is 10.6 Å². The van der Waals surface area contributed by atoms with Gasteiger partial charge in [-0.05, 0) is 55.5 Å². The van der Waals surface area contributed by atoms with Crippen molar-refractivity contribution in [2.24, 2.45) is 11.8 Å². The number of benzene rings is 2. The highest BCUT2D eigenvalue weighted by atomic mass is 35.5. The molecule has 1 spiro atoms. The second-order valence-electron chi connectivity index (χ2n) is 10.4. The Hall–Kier alpha value is -2.94. The van der Waals surface area contributed by atoms with Gasteiger partial charge >= 0.3 is 0 Å². The summed E-state index contributed by atoms with van der Waals surface area (Å²) in [5.74, 6) is -2.05. The van der Waals surface area contributed by atoms with Crippen molar-refractivity contribution in [1.82, 2.24) is 10.2 Å². The molecule has 8 nitrogen and oxygen atoms in total. The van der Waals surface area contributed by atoms with Gasteiger partial charge in [0.25, 0.3) is 0 Å². The zero-order valence-corrected chi connectivity index (χ0v) is 22.0. The molecule has 3 heterocycles. The van der Waals surface area contributed by atoms with Gasteiger partial charge in [0.2, 0.25) is 17.7 Å². The van der Waals surface area contributed by atoms with Crippen LogP contribution in [0.2, 0.25) is 5.02 Å². The first kappa shape index (κ1) is 26.7. The van der Waals surface area contributed by atoms with Crippen LogP contribution in [-0.4, -0.2) is 58.6 Å². The number of fused-ring (bicyclic) bond motifs is 1. The average molecular weight is 540 g/mol. The molecule has 0 aromatic heterocycles. The quantitative estimate of drug-likeness (QED) is 0.379. The van der Waals surface area contributed by atoms with Gasteiger partial charge in [-0.1, -0.05) is 54.8 Å². The molecule has 0 aliphatic carbocycles. The number of carbonyl (C=O) groups is 3. The van der Waals surface area contributed by atoms with Crippen LogP contribution >= 0.6 is 11.6 Å². The minimum atomic E-state index is -1.03. The number of amides is 3. The number of halogens is 1. The molecule has 5 rings (SSSR count). The lowest BCUT2D eigenvalue weighted by atomic mass is 9.70. The molecule has 5 atom stereocenters. The monoisotopic (exact) mass is 539 g/mol. The number of rotatable bonds is 11. The largest absolute Gasteiger partial charge is 0.396 e. The van der Waals surface area contributed by atoms with Gasteiger partial charge in [-0.3, -0.25) is 14.4 Å². The molecule has 0 saturated carbocycles. The van der Waals surface area contributed by atoms with Crippen molar-refractivity contribution in [1.29, 1.82) is 0 Å². The molecule has 38 heavy (non-hydrogen) atoms. The molecule has 3 aliphatic rings. The Bertz CT molecular complexity index is 1160. The minimum absolute atomic E-state index is 0.134. The Morgan fingerprint density at radius 1 is 1.03 bits per heavy atom. The molecular formula is C29H34ClN3O5. The second-order valence-corrected chi connectivity index (χ2v) is 10.9. The predicted molar refractivity (Wildman–Crippen MR) is 143 cm³/mol. The lowest BCUT2D eigenvalue weighted by Gasteiger charge is -2.33. The summed E-state index contributed by atoms with van der Waals surface area (Å²) < 4.78 is 6.47. The summed E-state index contributed by atoms with van der Waals surface area (Å²) in [6.45, 7) is 0.897. The summed E-state index contributed by atoms with van der Waals surface area (Å²) in [6.07, 6.45) is 3.87. The van der Waals surface area contributed by atoms with Crippen LogP contribution in [0.3, 0.4) is 0 Å². The summed E-state index contributed by atoms with van der Waals surface area (Å²) >= 11 is 6.01. The van der Waals surface area contributed by atoms with Crippen LogP contribution in [0.5, 0.6) is 0 Å². The van der Waals surface area contributed by atoms with Crippen molar-refractivity contribution in [3.63, 3.8) is 0 Å². The van der Waals surface area contributed by atoms with Gasteiger partial charge in [-0.15, -0.1) is 0 Å². The molecule has 9 heteroatoms. The van der Waals surface area contributed by atoms with E-state index in [-0.39, 0.29) is 24.3 Å². The van der Waals surface area contributed by atoms with Gasteiger partial charge in [-0.2, -0.15) is 0 Å². The number of likely N-dealkylation sites (tertiary alicyclic amines) is 1.